The fourth-order valence-electron chi connectivity index (χ4n) is 3.92. The minimum Gasteiger partial charge on any atom is -0.296 e. The lowest BCUT2D eigenvalue weighted by Crippen LogP contribution is -2.26. The van der Waals surface area contributed by atoms with Crippen LogP contribution >= 0.6 is 0 Å². The fraction of sp³-hybridized carbons (Fsp3) is 0.296. The summed E-state index contributed by atoms with van der Waals surface area (Å²) in [6.45, 7) is 4.63. The third kappa shape index (κ3) is 5.51. The van der Waals surface area contributed by atoms with Crippen LogP contribution in [0.15, 0.2) is 66.9 Å². The number of rotatable bonds is 5. The van der Waals surface area contributed by atoms with E-state index in [1.165, 1.54) is 30.5 Å². The van der Waals surface area contributed by atoms with E-state index in [1.54, 1.807) is 0 Å². The predicted octanol–water partition coefficient (Wildman–Crippen LogP) is 5.41. The Labute approximate surface area is 184 Å². The van der Waals surface area contributed by atoms with Gasteiger partial charge < -0.3 is 0 Å². The predicted molar refractivity (Wildman–Crippen MR) is 121 cm³/mol. The molecule has 2 nitrogen and oxygen atoms in total. The van der Waals surface area contributed by atoms with Crippen LogP contribution < -0.4 is 0 Å². The number of likely N-dealkylation sites (tertiary alicyclic amines) is 1. The van der Waals surface area contributed by atoms with Crippen LogP contribution in [0.4, 0.5) is 0 Å². The van der Waals surface area contributed by atoms with Crippen molar-refractivity contribution in [2.75, 3.05) is 6.54 Å². The summed E-state index contributed by atoms with van der Waals surface area (Å²) in [7, 11) is 0. The van der Waals surface area contributed by atoms with Gasteiger partial charge in [0, 0.05) is 42.9 Å². The Bertz CT molecular complexity index is 1010. The molecule has 2 heterocycles. The van der Waals surface area contributed by atoms with E-state index in [1.807, 2.05) is 36.5 Å². The number of hydrogen-bond donors (Lipinski definition) is 0. The van der Waals surface area contributed by atoms with Gasteiger partial charge in [-0.05, 0) is 73.5 Å². The largest absolute Gasteiger partial charge is 0.296 e. The van der Waals surface area contributed by atoms with E-state index in [4.69, 9.17) is 11.6 Å². The molecule has 152 valence electrons. The number of pyridine rings is 1. The minimum absolute atomic E-state index is 0.718. The van der Waals surface area contributed by atoms with Crippen LogP contribution in [0.5, 0.6) is 0 Å². The smallest absolute Gasteiger partial charge is 0.225 e. The maximum atomic E-state index is 5.14. The zero-order valence-electron chi connectivity index (χ0n) is 17.5. The Kier molecular flexibility index (Phi) is 6.84. The molecule has 0 bridgehead atoms. The Morgan fingerprint density at radius 2 is 1.70 bits per heavy atom. The fourth-order valence-corrected chi connectivity index (χ4v) is 4.06. The van der Waals surface area contributed by atoms with Crippen LogP contribution in [0.25, 0.3) is 11.1 Å². The van der Waals surface area contributed by atoms with E-state index >= 15 is 0 Å². The van der Waals surface area contributed by atoms with Gasteiger partial charge in [-0.1, -0.05) is 36.3 Å². The molecule has 0 radical (unpaired) electrons. The van der Waals surface area contributed by atoms with Crippen molar-refractivity contribution in [1.29, 1.82) is 0 Å². The number of nitrogens with zero attached hydrogens (tertiary/aromatic N) is 2. The van der Waals surface area contributed by atoms with E-state index < -0.39 is 0 Å². The Hall–Kier alpha value is -2.60. The summed E-state index contributed by atoms with van der Waals surface area (Å²) in [4.78, 5) is 7.06. The van der Waals surface area contributed by atoms with Crippen molar-refractivity contribution < 1.29 is 11.6 Å². The topological polar surface area (TPSA) is 16.1 Å². The maximum Gasteiger partial charge on any atom is 0.225 e. The zero-order valence-corrected chi connectivity index (χ0v) is 18.3. The summed E-state index contributed by atoms with van der Waals surface area (Å²) in [5.74, 6) is 6.44. The summed E-state index contributed by atoms with van der Waals surface area (Å²) in [6, 6.07) is 21.7. The number of hydrogen-bond acceptors (Lipinski definition) is 2. The van der Waals surface area contributed by atoms with Crippen molar-refractivity contribution >= 4 is 0 Å². The second-order valence-electron chi connectivity index (χ2n) is 8.04. The standard InChI is InChI=1S/C27H28ClN2/c1-21-5-4-18-30(21)20-23-10-8-22(9-11-23)6-2-3-7-27-17-14-25(19-29-27)24-12-15-26(28)16-13-24/h8-17,19,21,28H,2,4-6,18,20H2,1H3/q+1. The number of halogens is 1. The monoisotopic (exact) mass is 415 g/mol. The van der Waals surface area contributed by atoms with Gasteiger partial charge in [0.2, 0.25) is 5.02 Å². The molecular weight excluding hydrogens is 388 g/mol. The molecule has 2 aromatic carbocycles. The van der Waals surface area contributed by atoms with Crippen LogP contribution in [0.1, 0.15) is 43.0 Å². The first-order valence-electron chi connectivity index (χ1n) is 10.7. The Morgan fingerprint density at radius 3 is 2.37 bits per heavy atom. The molecule has 1 aliphatic rings. The molecule has 0 N–H and O–H groups in total. The van der Waals surface area contributed by atoms with Gasteiger partial charge in [-0.2, -0.15) is 0 Å². The van der Waals surface area contributed by atoms with Gasteiger partial charge in [0.25, 0.3) is 0 Å². The van der Waals surface area contributed by atoms with E-state index in [-0.39, 0.29) is 0 Å². The van der Waals surface area contributed by atoms with Gasteiger partial charge >= 0.3 is 0 Å². The molecule has 3 heteroatoms. The summed E-state index contributed by atoms with van der Waals surface area (Å²) in [6.07, 6.45) is 6.35. The molecule has 30 heavy (non-hydrogen) atoms. The van der Waals surface area contributed by atoms with Crippen LogP contribution in [0.2, 0.25) is 5.02 Å². The normalized spacial score (nSPS) is 16.3. The van der Waals surface area contributed by atoms with E-state index in [0.29, 0.717) is 0 Å². The van der Waals surface area contributed by atoms with Crippen molar-refractivity contribution in [3.05, 3.63) is 88.7 Å². The lowest BCUT2D eigenvalue weighted by molar-refractivity contribution is -0.288. The van der Waals surface area contributed by atoms with Crippen LogP contribution in [0.3, 0.4) is 0 Å². The summed E-state index contributed by atoms with van der Waals surface area (Å²) in [5.41, 5.74) is 5.77. The summed E-state index contributed by atoms with van der Waals surface area (Å²) in [5, 5.41) is 0.852. The van der Waals surface area contributed by atoms with Gasteiger partial charge in [0.1, 0.15) is 5.69 Å². The zero-order chi connectivity index (χ0) is 20.8. The SMILES string of the molecule is CC1CCCN1Cc1ccc(CCC#Cc2ccc(-c3ccc([ClH+])cc3)cn2)cc1. The van der Waals surface area contributed by atoms with Gasteiger partial charge in [0.05, 0.1) is 0 Å². The first-order valence-corrected chi connectivity index (χ1v) is 11.1. The lowest BCUT2D eigenvalue weighted by Gasteiger charge is -2.20. The molecule has 1 fully saturated rings. The first kappa shape index (κ1) is 20.7. The molecule has 0 amide bonds. The first-order chi connectivity index (χ1) is 14.7. The Morgan fingerprint density at radius 1 is 0.967 bits per heavy atom. The molecule has 0 aliphatic carbocycles. The van der Waals surface area contributed by atoms with E-state index in [9.17, 15) is 0 Å². The molecule has 1 aromatic heterocycles. The summed E-state index contributed by atoms with van der Waals surface area (Å²) < 4.78 is 0. The number of aromatic nitrogens is 1. The second kappa shape index (κ2) is 9.94. The molecule has 3 aromatic rings. The van der Waals surface area contributed by atoms with Crippen molar-refractivity contribution in [2.45, 2.75) is 45.2 Å². The van der Waals surface area contributed by atoms with Gasteiger partial charge in [0.15, 0.2) is 11.6 Å². The third-order valence-electron chi connectivity index (χ3n) is 5.81. The van der Waals surface area contributed by atoms with Crippen LogP contribution in [-0.4, -0.2) is 22.5 Å². The minimum atomic E-state index is 0.718. The molecule has 1 saturated heterocycles. The van der Waals surface area contributed by atoms with Gasteiger partial charge in [-0.25, -0.2) is 4.98 Å². The number of benzene rings is 2. The van der Waals surface area contributed by atoms with E-state index in [2.05, 4.69) is 59.0 Å². The quantitative estimate of drug-likeness (QED) is 0.517. The Balaban J connectivity index is 1.28. The van der Waals surface area contributed by atoms with Gasteiger partial charge in [-0.15, -0.1) is 0 Å². The maximum absolute atomic E-state index is 5.14. The highest BCUT2D eigenvalue weighted by Crippen LogP contribution is 2.20. The lowest BCUT2D eigenvalue weighted by atomic mass is 10.1. The molecule has 1 atom stereocenters. The second-order valence-corrected chi connectivity index (χ2v) is 8.51. The highest BCUT2D eigenvalue weighted by Gasteiger charge is 2.19. The highest BCUT2D eigenvalue weighted by molar-refractivity contribution is 5.62. The molecule has 1 unspecified atom stereocenters. The average Bonchev–Trinajstić information content (AvgIpc) is 3.18. The van der Waals surface area contributed by atoms with E-state index in [0.717, 1.165) is 47.3 Å². The van der Waals surface area contributed by atoms with Gasteiger partial charge in [-0.3, -0.25) is 4.90 Å². The highest BCUT2D eigenvalue weighted by atomic mass is 35.5. The van der Waals surface area contributed by atoms with Crippen LogP contribution in [0, 0.1) is 23.4 Å². The van der Waals surface area contributed by atoms with Crippen molar-refractivity contribution in [3.8, 4) is 23.0 Å². The van der Waals surface area contributed by atoms with Crippen LogP contribution in [-0.2, 0) is 13.0 Å². The summed E-state index contributed by atoms with van der Waals surface area (Å²) >= 11 is 5.14. The molecular formula is C27H28ClN2+. The molecule has 0 saturated carbocycles. The number of aryl methyl sites for hydroxylation is 1. The molecule has 0 spiro atoms. The third-order valence-corrected chi connectivity index (χ3v) is 6.08. The average molecular weight is 416 g/mol. The van der Waals surface area contributed by atoms with Crippen molar-refractivity contribution in [1.82, 2.24) is 9.88 Å². The molecule has 1 aliphatic heterocycles. The molecule has 4 rings (SSSR count). The van der Waals surface area contributed by atoms with Crippen molar-refractivity contribution in [2.24, 2.45) is 0 Å². The van der Waals surface area contributed by atoms with Crippen molar-refractivity contribution in [3.63, 3.8) is 0 Å².